The van der Waals surface area contributed by atoms with Crippen molar-refractivity contribution in [3.05, 3.63) is 76.1 Å². The first-order valence-corrected chi connectivity index (χ1v) is 8.70. The molecule has 5 heteroatoms. The van der Waals surface area contributed by atoms with Gasteiger partial charge in [-0.2, -0.15) is 0 Å². The van der Waals surface area contributed by atoms with E-state index < -0.39 is 11.6 Å². The van der Waals surface area contributed by atoms with Crippen LogP contribution in [0.3, 0.4) is 0 Å². The first-order valence-electron chi connectivity index (χ1n) is 8.70. The number of phenolic OH excluding ortho intramolecular Hbond substituents is 1. The number of benzene rings is 2. The standard InChI is InChI=1S/C21H24N2O3/c1-21(2,20(26)15-6-4-3-5-7-15)22-13-12-14-8-10-17(24)19-16(14)9-11-18(25)23-19/h3-11,20,22,24,26H,12-13H2,1-2H3,(H,23,25). The van der Waals surface area contributed by atoms with Gasteiger partial charge in [-0.25, -0.2) is 0 Å². The van der Waals surface area contributed by atoms with Gasteiger partial charge in [0.05, 0.1) is 11.6 Å². The molecule has 5 nitrogen and oxygen atoms in total. The molecule has 1 unspecified atom stereocenters. The highest BCUT2D eigenvalue weighted by atomic mass is 16.3. The Morgan fingerprint density at radius 2 is 1.81 bits per heavy atom. The minimum Gasteiger partial charge on any atom is -0.506 e. The Kier molecular flexibility index (Phi) is 5.11. The van der Waals surface area contributed by atoms with Gasteiger partial charge in [0.2, 0.25) is 5.56 Å². The van der Waals surface area contributed by atoms with Gasteiger partial charge in [-0.15, -0.1) is 0 Å². The van der Waals surface area contributed by atoms with Crippen LogP contribution in [0.1, 0.15) is 31.1 Å². The molecular weight excluding hydrogens is 328 g/mol. The maximum absolute atomic E-state index is 11.5. The number of nitrogens with one attached hydrogen (secondary N) is 2. The fourth-order valence-electron chi connectivity index (χ4n) is 3.18. The van der Waals surface area contributed by atoms with Gasteiger partial charge < -0.3 is 20.5 Å². The number of aromatic amines is 1. The summed E-state index contributed by atoms with van der Waals surface area (Å²) in [4.78, 5) is 14.2. The summed E-state index contributed by atoms with van der Waals surface area (Å²) in [5.74, 6) is 0.0641. The van der Waals surface area contributed by atoms with Crippen LogP contribution in [0.15, 0.2) is 59.4 Å². The fourth-order valence-corrected chi connectivity index (χ4v) is 3.18. The van der Waals surface area contributed by atoms with Gasteiger partial charge >= 0.3 is 0 Å². The number of hydrogen-bond acceptors (Lipinski definition) is 4. The molecule has 1 atom stereocenters. The highest BCUT2D eigenvalue weighted by Gasteiger charge is 2.28. The maximum atomic E-state index is 11.5. The van der Waals surface area contributed by atoms with E-state index in [9.17, 15) is 15.0 Å². The van der Waals surface area contributed by atoms with Gasteiger partial charge in [-0.1, -0.05) is 36.4 Å². The van der Waals surface area contributed by atoms with Gasteiger partial charge in [0.25, 0.3) is 0 Å². The molecule has 0 aliphatic heterocycles. The molecule has 26 heavy (non-hydrogen) atoms. The van der Waals surface area contributed by atoms with E-state index in [4.69, 9.17) is 0 Å². The smallest absolute Gasteiger partial charge is 0.248 e. The highest BCUT2D eigenvalue weighted by molar-refractivity contribution is 5.87. The van der Waals surface area contributed by atoms with Gasteiger partial charge in [0.1, 0.15) is 5.75 Å². The van der Waals surface area contributed by atoms with Crippen LogP contribution in [0.2, 0.25) is 0 Å². The number of aromatic nitrogens is 1. The number of aliphatic hydroxyl groups excluding tert-OH is 1. The summed E-state index contributed by atoms with van der Waals surface area (Å²) in [5.41, 5.74) is 1.61. The van der Waals surface area contributed by atoms with Crippen LogP contribution in [-0.2, 0) is 6.42 Å². The van der Waals surface area contributed by atoms with Crippen molar-refractivity contribution in [1.82, 2.24) is 10.3 Å². The molecule has 136 valence electrons. The molecule has 0 fully saturated rings. The Morgan fingerprint density at radius 3 is 2.54 bits per heavy atom. The Morgan fingerprint density at radius 1 is 1.08 bits per heavy atom. The van der Waals surface area contributed by atoms with Crippen LogP contribution < -0.4 is 10.9 Å². The SMILES string of the molecule is CC(C)(NCCc1ccc(O)c2[nH]c(=O)ccc12)C(O)c1ccccc1. The number of hydrogen-bond donors (Lipinski definition) is 4. The molecular formula is C21H24N2O3. The van der Waals surface area contributed by atoms with E-state index in [1.165, 1.54) is 6.07 Å². The molecule has 1 heterocycles. The Balaban J connectivity index is 1.73. The second kappa shape index (κ2) is 7.32. The van der Waals surface area contributed by atoms with Crippen LogP contribution >= 0.6 is 0 Å². The van der Waals surface area contributed by atoms with Crippen molar-refractivity contribution < 1.29 is 10.2 Å². The third-order valence-electron chi connectivity index (χ3n) is 4.74. The summed E-state index contributed by atoms with van der Waals surface area (Å²) < 4.78 is 0. The van der Waals surface area contributed by atoms with Gasteiger partial charge in [-0.3, -0.25) is 4.79 Å². The van der Waals surface area contributed by atoms with Crippen LogP contribution in [0.5, 0.6) is 5.75 Å². The predicted octanol–water partition coefficient (Wildman–Crippen LogP) is 2.88. The summed E-state index contributed by atoms with van der Waals surface area (Å²) in [7, 11) is 0. The van der Waals surface area contributed by atoms with Crippen molar-refractivity contribution in [1.29, 1.82) is 0 Å². The average molecular weight is 352 g/mol. The number of rotatable bonds is 6. The van der Waals surface area contributed by atoms with Crippen molar-refractivity contribution in [3.63, 3.8) is 0 Å². The molecule has 0 amide bonds. The number of aliphatic hydroxyl groups is 1. The lowest BCUT2D eigenvalue weighted by molar-refractivity contribution is 0.0807. The Labute approximate surface area is 152 Å². The zero-order valence-corrected chi connectivity index (χ0v) is 15.0. The van der Waals surface area contributed by atoms with Crippen molar-refractivity contribution in [2.24, 2.45) is 0 Å². The summed E-state index contributed by atoms with van der Waals surface area (Å²) >= 11 is 0. The largest absolute Gasteiger partial charge is 0.506 e. The van der Waals surface area contributed by atoms with Crippen LogP contribution in [0.4, 0.5) is 0 Å². The number of phenols is 1. The number of aromatic hydroxyl groups is 1. The molecule has 0 aliphatic rings. The van der Waals surface area contributed by atoms with E-state index in [1.54, 1.807) is 12.1 Å². The molecule has 2 aromatic carbocycles. The third kappa shape index (κ3) is 3.79. The first kappa shape index (κ1) is 18.2. The summed E-state index contributed by atoms with van der Waals surface area (Å²) in [6.45, 7) is 4.59. The molecule has 3 aromatic rings. The van der Waals surface area contributed by atoms with Crippen molar-refractivity contribution in [3.8, 4) is 5.75 Å². The summed E-state index contributed by atoms with van der Waals surface area (Å²) in [6.07, 6.45) is 0.0740. The normalized spacial score (nSPS) is 13.0. The van der Waals surface area contributed by atoms with Gasteiger partial charge in [0.15, 0.2) is 0 Å². The number of H-pyrrole nitrogens is 1. The molecule has 0 aliphatic carbocycles. The minimum absolute atomic E-state index is 0.0641. The molecule has 0 spiro atoms. The molecule has 0 radical (unpaired) electrons. The van der Waals surface area contributed by atoms with Crippen LogP contribution in [-0.4, -0.2) is 27.3 Å². The lowest BCUT2D eigenvalue weighted by Crippen LogP contribution is -2.45. The van der Waals surface area contributed by atoms with E-state index in [0.29, 0.717) is 18.5 Å². The van der Waals surface area contributed by atoms with E-state index in [-0.39, 0.29) is 11.3 Å². The molecule has 0 bridgehead atoms. The Hall–Kier alpha value is -2.63. The first-order chi connectivity index (χ1) is 12.4. The third-order valence-corrected chi connectivity index (χ3v) is 4.74. The molecule has 4 N–H and O–H groups in total. The topological polar surface area (TPSA) is 85.4 Å². The summed E-state index contributed by atoms with van der Waals surface area (Å²) in [6, 6.07) is 16.2. The highest BCUT2D eigenvalue weighted by Crippen LogP contribution is 2.27. The monoisotopic (exact) mass is 352 g/mol. The van der Waals surface area contributed by atoms with Crippen LogP contribution in [0.25, 0.3) is 10.9 Å². The van der Waals surface area contributed by atoms with E-state index in [1.807, 2.05) is 50.2 Å². The molecule has 0 saturated carbocycles. The summed E-state index contributed by atoms with van der Waals surface area (Å²) in [5, 5.41) is 24.8. The van der Waals surface area contributed by atoms with Crippen LogP contribution in [0, 0.1) is 0 Å². The second-order valence-corrected chi connectivity index (χ2v) is 7.07. The van der Waals surface area contributed by atoms with E-state index in [2.05, 4.69) is 10.3 Å². The minimum atomic E-state index is -0.628. The van der Waals surface area contributed by atoms with Crippen molar-refractivity contribution >= 4 is 10.9 Å². The lowest BCUT2D eigenvalue weighted by Gasteiger charge is -2.32. The van der Waals surface area contributed by atoms with Crippen molar-refractivity contribution in [2.45, 2.75) is 31.9 Å². The van der Waals surface area contributed by atoms with Crippen molar-refractivity contribution in [2.75, 3.05) is 6.54 Å². The molecule has 3 rings (SSSR count). The second-order valence-electron chi connectivity index (χ2n) is 7.07. The number of fused-ring (bicyclic) bond motifs is 1. The average Bonchev–Trinajstić information content (AvgIpc) is 2.64. The van der Waals surface area contributed by atoms with E-state index >= 15 is 0 Å². The lowest BCUT2D eigenvalue weighted by atomic mass is 9.91. The van der Waals surface area contributed by atoms with E-state index in [0.717, 1.165) is 16.5 Å². The molecule has 0 saturated heterocycles. The number of pyridine rings is 1. The fraction of sp³-hybridized carbons (Fsp3) is 0.286. The Bertz CT molecular complexity index is 948. The zero-order valence-electron chi connectivity index (χ0n) is 15.0. The predicted molar refractivity (Wildman–Crippen MR) is 103 cm³/mol. The van der Waals surface area contributed by atoms with Gasteiger partial charge in [-0.05, 0) is 50.1 Å². The maximum Gasteiger partial charge on any atom is 0.248 e. The molecule has 1 aromatic heterocycles. The quantitative estimate of drug-likeness (QED) is 0.549. The van der Waals surface area contributed by atoms with Gasteiger partial charge in [0, 0.05) is 17.0 Å². The zero-order chi connectivity index (χ0) is 18.7.